The molecule has 1 aliphatic carbocycles. The van der Waals surface area contributed by atoms with Crippen molar-refractivity contribution in [1.82, 2.24) is 14.8 Å². The summed E-state index contributed by atoms with van der Waals surface area (Å²) in [6, 6.07) is 3.00. The van der Waals surface area contributed by atoms with Gasteiger partial charge >= 0.3 is 6.18 Å². The number of hydrogen-bond donors (Lipinski definition) is 2. The van der Waals surface area contributed by atoms with Gasteiger partial charge in [-0.15, -0.1) is 0 Å². The van der Waals surface area contributed by atoms with E-state index in [9.17, 15) is 32.7 Å². The Bertz CT molecular complexity index is 880. The smallest absolute Gasteiger partial charge is 0.396 e. The van der Waals surface area contributed by atoms with Crippen LogP contribution in [0.5, 0.6) is 0 Å². The van der Waals surface area contributed by atoms with E-state index in [1.165, 1.54) is 16.7 Å². The molecule has 0 spiro atoms. The maximum Gasteiger partial charge on any atom is 0.405 e. The van der Waals surface area contributed by atoms with E-state index in [0.29, 0.717) is 5.69 Å². The van der Waals surface area contributed by atoms with E-state index in [0.717, 1.165) is 19.3 Å². The molecule has 1 saturated heterocycles. The number of carbonyl (C=O) groups is 2. The second kappa shape index (κ2) is 7.16. The summed E-state index contributed by atoms with van der Waals surface area (Å²) in [5.41, 5.74) is 0.116. The topological polar surface area (TPSA) is 91.6 Å². The minimum absolute atomic E-state index is 0.109. The van der Waals surface area contributed by atoms with Crippen molar-refractivity contribution in [3.05, 3.63) is 34.2 Å². The third-order valence-electron chi connectivity index (χ3n) is 6.39. The van der Waals surface area contributed by atoms with Gasteiger partial charge in [-0.25, -0.2) is 0 Å². The van der Waals surface area contributed by atoms with Crippen molar-refractivity contribution in [2.24, 2.45) is 17.8 Å². The van der Waals surface area contributed by atoms with Crippen LogP contribution in [0.1, 0.15) is 31.0 Å². The highest BCUT2D eigenvalue weighted by molar-refractivity contribution is 5.85. The first-order valence-corrected chi connectivity index (χ1v) is 9.70. The average molecular weight is 413 g/mol. The molecule has 1 aromatic rings. The number of amides is 2. The molecule has 158 valence electrons. The Morgan fingerprint density at radius 2 is 1.97 bits per heavy atom. The highest BCUT2D eigenvalue weighted by Gasteiger charge is 2.58. The van der Waals surface area contributed by atoms with Gasteiger partial charge in [0.05, 0.1) is 18.0 Å². The molecule has 1 saturated carbocycles. The average Bonchev–Trinajstić information content (AvgIpc) is 2.85. The van der Waals surface area contributed by atoms with E-state index >= 15 is 0 Å². The molecule has 3 aliphatic rings. The van der Waals surface area contributed by atoms with Gasteiger partial charge in [0.1, 0.15) is 6.54 Å². The van der Waals surface area contributed by atoms with Crippen LogP contribution in [0.3, 0.4) is 0 Å². The zero-order chi connectivity index (χ0) is 20.9. The molecule has 2 amide bonds. The molecule has 4 atom stereocenters. The van der Waals surface area contributed by atoms with Crippen molar-refractivity contribution in [1.29, 1.82) is 0 Å². The maximum absolute atomic E-state index is 13.1. The highest BCUT2D eigenvalue weighted by atomic mass is 19.4. The van der Waals surface area contributed by atoms with Gasteiger partial charge < -0.3 is 19.9 Å². The molecular formula is C19H22F3N3O4. The lowest BCUT2D eigenvalue weighted by atomic mass is 9.83. The van der Waals surface area contributed by atoms with Gasteiger partial charge in [-0.05, 0) is 18.9 Å². The predicted molar refractivity (Wildman–Crippen MR) is 94.5 cm³/mol. The molecule has 29 heavy (non-hydrogen) atoms. The van der Waals surface area contributed by atoms with Crippen molar-refractivity contribution in [2.75, 3.05) is 13.2 Å². The van der Waals surface area contributed by atoms with Crippen LogP contribution in [-0.2, 0) is 16.1 Å². The van der Waals surface area contributed by atoms with Gasteiger partial charge in [-0.2, -0.15) is 13.2 Å². The van der Waals surface area contributed by atoms with E-state index in [2.05, 4.69) is 0 Å². The first-order chi connectivity index (χ1) is 13.7. The van der Waals surface area contributed by atoms with Crippen molar-refractivity contribution in [3.8, 4) is 0 Å². The molecule has 3 heterocycles. The van der Waals surface area contributed by atoms with Gasteiger partial charge in [0.2, 0.25) is 11.8 Å². The molecule has 7 nitrogen and oxygen atoms in total. The Morgan fingerprint density at radius 3 is 2.55 bits per heavy atom. The monoisotopic (exact) mass is 413 g/mol. The van der Waals surface area contributed by atoms with Gasteiger partial charge in [0.15, 0.2) is 0 Å². The first kappa shape index (κ1) is 19.9. The zero-order valence-electron chi connectivity index (χ0n) is 15.6. The van der Waals surface area contributed by atoms with E-state index in [1.54, 1.807) is 11.0 Å². The third-order valence-corrected chi connectivity index (χ3v) is 6.39. The summed E-state index contributed by atoms with van der Waals surface area (Å²) in [6.07, 6.45) is -2.20. The molecule has 0 aromatic carbocycles. The molecule has 2 bridgehead atoms. The number of aliphatic hydroxyl groups is 1. The van der Waals surface area contributed by atoms with Crippen LogP contribution in [0, 0.1) is 17.8 Å². The minimum atomic E-state index is -4.58. The Hall–Kier alpha value is -2.36. The standard InChI is InChI=1S/C19H22F3N3O4/c20-19(21,22)9-23-17(28)15-11(8-26)13-7-24-12(5-2-6-14(24)27)16(15)25(13)18(29)10-3-1-4-10/h2,5-6,10-11,13,15-16,26H,1,3-4,7-9H2,(H,23,28)/t11-,13-,15+,16+/m1/s1. The lowest BCUT2D eigenvalue weighted by Crippen LogP contribution is -2.51. The fourth-order valence-electron chi connectivity index (χ4n) is 4.83. The minimum Gasteiger partial charge on any atom is -0.396 e. The summed E-state index contributed by atoms with van der Waals surface area (Å²) in [7, 11) is 0. The Kier molecular flexibility index (Phi) is 4.92. The lowest BCUT2D eigenvalue weighted by molar-refractivity contribution is -0.145. The largest absolute Gasteiger partial charge is 0.405 e. The van der Waals surface area contributed by atoms with E-state index in [-0.39, 0.29) is 23.9 Å². The van der Waals surface area contributed by atoms with E-state index in [4.69, 9.17) is 0 Å². The normalized spacial score (nSPS) is 28.6. The van der Waals surface area contributed by atoms with Gasteiger partial charge in [0.25, 0.3) is 5.56 Å². The SMILES string of the molecule is O=C(NCC(F)(F)F)[C@H]1[C@H](CO)[C@H]2Cn3c(cccc3=O)[C@@H]1N2C(=O)C1CCC1. The molecule has 1 aromatic heterocycles. The van der Waals surface area contributed by atoms with Crippen molar-refractivity contribution >= 4 is 11.8 Å². The van der Waals surface area contributed by atoms with Crippen LogP contribution in [0.2, 0.25) is 0 Å². The maximum atomic E-state index is 13.1. The van der Waals surface area contributed by atoms with Crippen LogP contribution in [-0.4, -0.2) is 51.8 Å². The van der Waals surface area contributed by atoms with Gasteiger partial charge in [0, 0.05) is 36.7 Å². The summed E-state index contributed by atoms with van der Waals surface area (Å²) in [6.45, 7) is -1.85. The van der Waals surface area contributed by atoms with Crippen LogP contribution in [0.4, 0.5) is 13.2 Å². The number of pyridine rings is 1. The summed E-state index contributed by atoms with van der Waals surface area (Å²) < 4.78 is 39.4. The van der Waals surface area contributed by atoms with E-state index in [1.807, 2.05) is 5.32 Å². The molecule has 0 unspecified atom stereocenters. The summed E-state index contributed by atoms with van der Waals surface area (Å²) in [5.74, 6) is -3.02. The summed E-state index contributed by atoms with van der Waals surface area (Å²) in [4.78, 5) is 39.8. The second-order valence-electron chi connectivity index (χ2n) is 7.99. The molecule has 4 rings (SSSR count). The molecule has 2 aliphatic heterocycles. The van der Waals surface area contributed by atoms with Gasteiger partial charge in [-0.1, -0.05) is 12.5 Å². The van der Waals surface area contributed by atoms with Crippen LogP contribution in [0.25, 0.3) is 0 Å². The van der Waals surface area contributed by atoms with Crippen LogP contribution < -0.4 is 10.9 Å². The number of carbonyl (C=O) groups excluding carboxylic acids is 2. The number of nitrogens with zero attached hydrogens (tertiary/aromatic N) is 2. The summed E-state index contributed by atoms with van der Waals surface area (Å²) >= 11 is 0. The number of halogens is 3. The first-order valence-electron chi connectivity index (χ1n) is 9.70. The second-order valence-corrected chi connectivity index (χ2v) is 7.99. The van der Waals surface area contributed by atoms with Crippen LogP contribution >= 0.6 is 0 Å². The number of fused-ring (bicyclic) bond motifs is 4. The van der Waals surface area contributed by atoms with Crippen molar-refractivity contribution in [2.45, 2.75) is 44.1 Å². The molecular weight excluding hydrogens is 391 g/mol. The number of hydrogen-bond acceptors (Lipinski definition) is 4. The van der Waals surface area contributed by atoms with Crippen LogP contribution in [0.15, 0.2) is 23.0 Å². The predicted octanol–water partition coefficient (Wildman–Crippen LogP) is 0.817. The number of aromatic nitrogens is 1. The fraction of sp³-hybridized carbons (Fsp3) is 0.632. The lowest BCUT2D eigenvalue weighted by Gasteiger charge is -2.41. The number of alkyl halides is 3. The Morgan fingerprint density at radius 1 is 1.24 bits per heavy atom. The number of rotatable bonds is 4. The molecule has 2 N–H and O–H groups in total. The Labute approximate surface area is 164 Å². The van der Waals surface area contributed by atoms with Gasteiger partial charge in [-0.3, -0.25) is 14.4 Å². The molecule has 10 heteroatoms. The zero-order valence-corrected chi connectivity index (χ0v) is 15.6. The quantitative estimate of drug-likeness (QED) is 0.765. The van der Waals surface area contributed by atoms with Crippen molar-refractivity contribution in [3.63, 3.8) is 0 Å². The van der Waals surface area contributed by atoms with Crippen molar-refractivity contribution < 1.29 is 27.9 Å². The van der Waals surface area contributed by atoms with E-state index < -0.39 is 49.2 Å². The third kappa shape index (κ3) is 3.33. The highest BCUT2D eigenvalue weighted by Crippen LogP contribution is 2.49. The molecule has 0 radical (unpaired) electrons. The fourth-order valence-corrected chi connectivity index (χ4v) is 4.83. The number of aliphatic hydroxyl groups excluding tert-OH is 1. The number of nitrogens with one attached hydrogen (secondary N) is 1. The molecule has 2 fully saturated rings. The Balaban J connectivity index is 1.75. The summed E-state index contributed by atoms with van der Waals surface area (Å²) in [5, 5.41) is 11.9.